The summed E-state index contributed by atoms with van der Waals surface area (Å²) in [5.41, 5.74) is 0.729. The third-order valence-corrected chi connectivity index (χ3v) is 4.22. The van der Waals surface area contributed by atoms with Crippen molar-refractivity contribution in [2.45, 2.75) is 6.04 Å². The average molecular weight is 371 g/mol. The van der Waals surface area contributed by atoms with E-state index in [1.807, 2.05) is 0 Å². The van der Waals surface area contributed by atoms with E-state index in [0.29, 0.717) is 10.0 Å². The van der Waals surface area contributed by atoms with Crippen molar-refractivity contribution < 1.29 is 24.2 Å². The van der Waals surface area contributed by atoms with Gasteiger partial charge in [0, 0.05) is 5.70 Å². The summed E-state index contributed by atoms with van der Waals surface area (Å²) >= 11 is 3.26. The molecule has 0 bridgehead atoms. The van der Waals surface area contributed by atoms with E-state index in [-0.39, 0.29) is 17.2 Å². The summed E-state index contributed by atoms with van der Waals surface area (Å²) in [6.07, 6.45) is 0. The van der Waals surface area contributed by atoms with Gasteiger partial charge >= 0.3 is 12.0 Å². The van der Waals surface area contributed by atoms with Crippen molar-refractivity contribution >= 4 is 27.9 Å². The van der Waals surface area contributed by atoms with Crippen LogP contribution in [0.4, 0.5) is 4.79 Å². The summed E-state index contributed by atoms with van der Waals surface area (Å²) in [6.45, 7) is 3.70. The van der Waals surface area contributed by atoms with E-state index >= 15 is 0 Å². The maximum atomic E-state index is 12.0. The zero-order valence-electron chi connectivity index (χ0n) is 12.0. The smallest absolute Gasteiger partial charge is 0.319 e. The van der Waals surface area contributed by atoms with Crippen molar-refractivity contribution in [3.63, 3.8) is 0 Å². The molecule has 0 spiro atoms. The van der Waals surface area contributed by atoms with E-state index in [4.69, 9.17) is 9.47 Å². The summed E-state index contributed by atoms with van der Waals surface area (Å²) in [6, 6.07) is 1.96. The Balaban J connectivity index is 2.51. The van der Waals surface area contributed by atoms with E-state index in [9.17, 15) is 14.7 Å². The second-order valence-corrected chi connectivity index (χ2v) is 5.41. The first-order chi connectivity index (χ1) is 10.4. The topological polar surface area (TPSA) is 96.9 Å². The van der Waals surface area contributed by atoms with Crippen molar-refractivity contribution in [1.29, 1.82) is 0 Å². The molecule has 0 aromatic heterocycles. The van der Waals surface area contributed by atoms with Crippen LogP contribution in [0.3, 0.4) is 0 Å². The first-order valence-electron chi connectivity index (χ1n) is 6.30. The number of carbonyl (C=O) groups is 2. The number of amides is 2. The molecule has 1 heterocycles. The highest BCUT2D eigenvalue weighted by Crippen LogP contribution is 2.42. The van der Waals surface area contributed by atoms with Crippen LogP contribution in [0.25, 0.3) is 0 Å². The lowest BCUT2D eigenvalue weighted by atomic mass is 9.89. The van der Waals surface area contributed by atoms with Gasteiger partial charge in [0.25, 0.3) is 0 Å². The van der Waals surface area contributed by atoms with Crippen LogP contribution in [0.2, 0.25) is 0 Å². The Hall–Kier alpha value is -2.22. The number of esters is 1. The SMILES string of the molecule is C=C1NC(=O)N[C@@H](c2ccc(OC)c(O)c2Br)[C@@H]1C(=O)OC. The van der Waals surface area contributed by atoms with E-state index in [1.54, 1.807) is 12.1 Å². The van der Waals surface area contributed by atoms with Crippen LogP contribution < -0.4 is 15.4 Å². The molecule has 3 N–H and O–H groups in total. The van der Waals surface area contributed by atoms with Crippen LogP contribution in [-0.4, -0.2) is 31.3 Å². The number of hydrogen-bond acceptors (Lipinski definition) is 5. The van der Waals surface area contributed by atoms with Crippen molar-refractivity contribution in [2.24, 2.45) is 5.92 Å². The quantitative estimate of drug-likeness (QED) is 0.705. The molecule has 2 rings (SSSR count). The van der Waals surface area contributed by atoms with E-state index in [2.05, 4.69) is 33.1 Å². The van der Waals surface area contributed by atoms with Gasteiger partial charge in [0.2, 0.25) is 0 Å². The lowest BCUT2D eigenvalue weighted by molar-refractivity contribution is -0.145. The van der Waals surface area contributed by atoms with Crippen molar-refractivity contribution in [3.05, 3.63) is 34.4 Å². The normalized spacial score (nSPS) is 20.9. The first-order valence-corrected chi connectivity index (χ1v) is 7.09. The maximum Gasteiger partial charge on any atom is 0.319 e. The third-order valence-electron chi connectivity index (χ3n) is 3.39. The number of phenolic OH excluding ortho intramolecular Hbond substituents is 1. The molecule has 22 heavy (non-hydrogen) atoms. The molecule has 1 aromatic carbocycles. The van der Waals surface area contributed by atoms with E-state index < -0.39 is 24.0 Å². The molecule has 1 fully saturated rings. The molecule has 118 valence electrons. The predicted octanol–water partition coefficient (Wildman–Crippen LogP) is 1.82. The number of nitrogens with one attached hydrogen (secondary N) is 2. The molecule has 2 atom stereocenters. The Labute approximate surface area is 135 Å². The Bertz CT molecular complexity index is 646. The van der Waals surface area contributed by atoms with E-state index in [0.717, 1.165) is 0 Å². The molecule has 0 radical (unpaired) electrons. The van der Waals surface area contributed by atoms with E-state index in [1.165, 1.54) is 14.2 Å². The number of halogens is 1. The largest absolute Gasteiger partial charge is 0.503 e. The highest BCUT2D eigenvalue weighted by Gasteiger charge is 2.39. The molecular formula is C14H15BrN2O5. The maximum absolute atomic E-state index is 12.0. The minimum absolute atomic E-state index is 0.123. The Kier molecular flexibility index (Phi) is 4.60. The number of rotatable bonds is 3. The minimum atomic E-state index is -0.827. The molecule has 0 unspecified atom stereocenters. The minimum Gasteiger partial charge on any atom is -0.503 e. The number of aromatic hydroxyl groups is 1. The molecule has 1 aliphatic heterocycles. The lowest BCUT2D eigenvalue weighted by Crippen LogP contribution is -2.51. The molecule has 0 saturated carbocycles. The monoisotopic (exact) mass is 370 g/mol. The summed E-state index contributed by atoms with van der Waals surface area (Å²) in [4.78, 5) is 23.7. The molecule has 0 aliphatic carbocycles. The number of benzene rings is 1. The first kappa shape index (κ1) is 16.2. The number of phenols is 1. The van der Waals surface area contributed by atoms with Crippen LogP contribution in [-0.2, 0) is 9.53 Å². The zero-order chi connectivity index (χ0) is 16.4. The van der Waals surface area contributed by atoms with Crippen molar-refractivity contribution in [3.8, 4) is 11.5 Å². The van der Waals surface area contributed by atoms with Gasteiger partial charge in [-0.1, -0.05) is 12.6 Å². The molecular weight excluding hydrogens is 356 g/mol. The summed E-state index contributed by atoms with van der Waals surface area (Å²) in [5.74, 6) is -1.23. The van der Waals surface area contributed by atoms with Crippen molar-refractivity contribution in [1.82, 2.24) is 10.6 Å². The van der Waals surface area contributed by atoms with Crippen LogP contribution in [0.15, 0.2) is 28.9 Å². The number of methoxy groups -OCH3 is 2. The standard InChI is InChI=1S/C14H15BrN2O5/c1-6-9(13(19)22-3)11(17-14(20)16-6)7-4-5-8(21-2)12(18)10(7)15/h4-5,9,11,18H,1H2,2-3H3,(H2,16,17,20)/t9-,11+/m1/s1. The predicted molar refractivity (Wildman–Crippen MR) is 81.4 cm³/mol. The molecule has 1 aliphatic rings. The lowest BCUT2D eigenvalue weighted by Gasteiger charge is -2.33. The zero-order valence-corrected chi connectivity index (χ0v) is 13.6. The average Bonchev–Trinajstić information content (AvgIpc) is 2.48. The van der Waals surface area contributed by atoms with Crippen LogP contribution in [0.1, 0.15) is 11.6 Å². The highest BCUT2D eigenvalue weighted by molar-refractivity contribution is 9.10. The van der Waals surface area contributed by atoms with Gasteiger partial charge in [-0.2, -0.15) is 0 Å². The number of hydrogen-bond donors (Lipinski definition) is 3. The second-order valence-electron chi connectivity index (χ2n) is 4.62. The highest BCUT2D eigenvalue weighted by atomic mass is 79.9. The van der Waals surface area contributed by atoms with Crippen molar-refractivity contribution in [2.75, 3.05) is 14.2 Å². The summed E-state index contributed by atoms with van der Waals surface area (Å²) in [5, 5.41) is 15.2. The number of urea groups is 1. The van der Waals surface area contributed by atoms with Gasteiger partial charge in [0.1, 0.15) is 5.92 Å². The molecule has 1 saturated heterocycles. The van der Waals surface area contributed by atoms with Gasteiger partial charge in [-0.05, 0) is 27.6 Å². The molecule has 2 amide bonds. The molecule has 7 nitrogen and oxygen atoms in total. The Morgan fingerprint density at radius 2 is 2.09 bits per heavy atom. The van der Waals surface area contributed by atoms with Gasteiger partial charge < -0.3 is 25.2 Å². The number of carbonyl (C=O) groups excluding carboxylic acids is 2. The van der Waals surface area contributed by atoms with Gasteiger partial charge in [0.15, 0.2) is 11.5 Å². The fraction of sp³-hybridized carbons (Fsp3) is 0.286. The fourth-order valence-electron chi connectivity index (χ4n) is 2.32. The van der Waals surface area contributed by atoms with Gasteiger partial charge in [-0.25, -0.2) is 4.79 Å². The fourth-order valence-corrected chi connectivity index (χ4v) is 2.89. The number of ether oxygens (including phenoxy) is 2. The summed E-state index contributed by atoms with van der Waals surface area (Å²) < 4.78 is 10.1. The van der Waals surface area contributed by atoms with Crippen LogP contribution >= 0.6 is 15.9 Å². The van der Waals surface area contributed by atoms with Crippen LogP contribution in [0.5, 0.6) is 11.5 Å². The molecule has 1 aromatic rings. The third kappa shape index (κ3) is 2.74. The Morgan fingerprint density at radius 3 is 2.68 bits per heavy atom. The van der Waals surface area contributed by atoms with Gasteiger partial charge in [-0.15, -0.1) is 0 Å². The summed E-state index contributed by atoms with van der Waals surface area (Å²) in [7, 11) is 2.68. The Morgan fingerprint density at radius 1 is 1.41 bits per heavy atom. The van der Waals surface area contributed by atoms with Gasteiger partial charge in [0.05, 0.1) is 24.7 Å². The van der Waals surface area contributed by atoms with Crippen LogP contribution in [0, 0.1) is 5.92 Å². The van der Waals surface area contributed by atoms with Gasteiger partial charge in [-0.3, -0.25) is 4.79 Å². The second kappa shape index (κ2) is 6.27. The molecule has 8 heteroatoms.